The first kappa shape index (κ1) is 13.7. The Morgan fingerprint density at radius 3 is 2.89 bits per heavy atom. The Kier molecular flexibility index (Phi) is 3.95. The fraction of sp³-hybridized carbons (Fsp3) is 0.308. The minimum atomic E-state index is -0.495. The second-order valence-corrected chi connectivity index (χ2v) is 4.70. The van der Waals surface area contributed by atoms with E-state index in [9.17, 15) is 4.39 Å². The van der Waals surface area contributed by atoms with Crippen LogP contribution in [0.4, 0.5) is 21.6 Å². The third kappa shape index (κ3) is 2.66. The molecule has 19 heavy (non-hydrogen) atoms. The van der Waals surface area contributed by atoms with Crippen LogP contribution >= 0.6 is 11.6 Å². The molecular weight excluding hydrogens is 267 g/mol. The van der Waals surface area contributed by atoms with E-state index in [1.54, 1.807) is 16.8 Å². The van der Waals surface area contributed by atoms with Gasteiger partial charge in [-0.05, 0) is 25.5 Å². The summed E-state index contributed by atoms with van der Waals surface area (Å²) in [6.45, 7) is 4.57. The van der Waals surface area contributed by atoms with Crippen LogP contribution in [0.25, 0.3) is 0 Å². The maximum atomic E-state index is 13.9. The molecule has 6 heteroatoms. The second-order valence-electron chi connectivity index (χ2n) is 4.30. The highest BCUT2D eigenvalue weighted by Crippen LogP contribution is 2.29. The first-order valence-corrected chi connectivity index (χ1v) is 6.46. The summed E-state index contributed by atoms with van der Waals surface area (Å²) in [6, 6.07) is 4.79. The fourth-order valence-corrected chi connectivity index (χ4v) is 2.00. The van der Waals surface area contributed by atoms with Crippen LogP contribution < -0.4 is 11.1 Å². The lowest BCUT2D eigenvalue weighted by atomic mass is 10.3. The van der Waals surface area contributed by atoms with Gasteiger partial charge in [-0.15, -0.1) is 0 Å². The number of anilines is 3. The molecule has 0 atom stereocenters. The Bertz CT molecular complexity index is 595. The van der Waals surface area contributed by atoms with Crippen molar-refractivity contribution >= 4 is 28.8 Å². The normalized spacial score (nSPS) is 10.7. The molecule has 0 aliphatic rings. The lowest BCUT2D eigenvalue weighted by Crippen LogP contribution is -2.06. The molecule has 0 aliphatic carbocycles. The Morgan fingerprint density at radius 2 is 2.21 bits per heavy atom. The lowest BCUT2D eigenvalue weighted by Gasteiger charge is -2.11. The zero-order valence-electron chi connectivity index (χ0n) is 10.9. The molecule has 0 saturated carbocycles. The Balaban J connectivity index is 2.40. The quantitative estimate of drug-likeness (QED) is 0.898. The Labute approximate surface area is 116 Å². The number of nitrogen functional groups attached to an aromatic ring is 1. The predicted molar refractivity (Wildman–Crippen MR) is 76.4 cm³/mol. The molecule has 0 bridgehead atoms. The van der Waals surface area contributed by atoms with Gasteiger partial charge in [-0.2, -0.15) is 5.10 Å². The van der Waals surface area contributed by atoms with Crippen LogP contribution in [0.3, 0.4) is 0 Å². The van der Waals surface area contributed by atoms with Gasteiger partial charge in [-0.25, -0.2) is 9.07 Å². The van der Waals surface area contributed by atoms with Crippen molar-refractivity contribution in [3.8, 4) is 0 Å². The average molecular weight is 283 g/mol. The number of nitrogens with one attached hydrogen (secondary N) is 1. The number of rotatable bonds is 4. The Morgan fingerprint density at radius 1 is 1.47 bits per heavy atom. The van der Waals surface area contributed by atoms with Gasteiger partial charge in [-0.1, -0.05) is 24.6 Å². The van der Waals surface area contributed by atoms with Crippen LogP contribution in [0, 0.1) is 12.7 Å². The SMILES string of the molecule is CCCn1nc(C)c(N)c1Nc1cccc(Cl)c1F. The van der Waals surface area contributed by atoms with E-state index < -0.39 is 5.82 Å². The van der Waals surface area contributed by atoms with Gasteiger partial charge < -0.3 is 11.1 Å². The van der Waals surface area contributed by atoms with Crippen molar-refractivity contribution in [3.05, 3.63) is 34.7 Å². The number of nitrogens with two attached hydrogens (primary N) is 1. The van der Waals surface area contributed by atoms with Crippen LogP contribution in [-0.4, -0.2) is 9.78 Å². The summed E-state index contributed by atoms with van der Waals surface area (Å²) in [5, 5.41) is 7.36. The van der Waals surface area contributed by atoms with E-state index in [1.165, 1.54) is 6.07 Å². The summed E-state index contributed by atoms with van der Waals surface area (Å²) in [5.41, 5.74) is 7.50. The van der Waals surface area contributed by atoms with Crippen molar-refractivity contribution < 1.29 is 4.39 Å². The number of hydrogen-bond donors (Lipinski definition) is 2. The van der Waals surface area contributed by atoms with E-state index >= 15 is 0 Å². The van der Waals surface area contributed by atoms with E-state index in [1.807, 2.05) is 13.8 Å². The molecular formula is C13H16ClFN4. The molecule has 0 aliphatic heterocycles. The van der Waals surface area contributed by atoms with Crippen LogP contribution in [0.5, 0.6) is 0 Å². The third-order valence-corrected chi connectivity index (χ3v) is 3.11. The molecule has 1 aromatic heterocycles. The van der Waals surface area contributed by atoms with Crippen molar-refractivity contribution in [1.29, 1.82) is 0 Å². The minimum absolute atomic E-state index is 0.0712. The van der Waals surface area contributed by atoms with E-state index in [4.69, 9.17) is 17.3 Å². The van der Waals surface area contributed by atoms with Gasteiger partial charge >= 0.3 is 0 Å². The van der Waals surface area contributed by atoms with Crippen molar-refractivity contribution in [3.63, 3.8) is 0 Å². The van der Waals surface area contributed by atoms with Crippen molar-refractivity contribution in [1.82, 2.24) is 9.78 Å². The van der Waals surface area contributed by atoms with Gasteiger partial charge in [0, 0.05) is 6.54 Å². The zero-order chi connectivity index (χ0) is 14.0. The Hall–Kier alpha value is -1.75. The molecule has 0 amide bonds. The highest BCUT2D eigenvalue weighted by molar-refractivity contribution is 6.31. The average Bonchev–Trinajstić information content (AvgIpc) is 2.63. The summed E-state index contributed by atoms with van der Waals surface area (Å²) < 4.78 is 15.6. The number of hydrogen-bond acceptors (Lipinski definition) is 3. The molecule has 0 spiro atoms. The molecule has 3 N–H and O–H groups in total. The van der Waals surface area contributed by atoms with Crippen molar-refractivity contribution in [2.75, 3.05) is 11.1 Å². The highest BCUT2D eigenvalue weighted by Gasteiger charge is 2.14. The first-order valence-electron chi connectivity index (χ1n) is 6.08. The first-order chi connectivity index (χ1) is 9.04. The second kappa shape index (κ2) is 5.48. The predicted octanol–water partition coefficient (Wildman–Crippen LogP) is 3.72. The summed E-state index contributed by atoms with van der Waals surface area (Å²) in [7, 11) is 0. The van der Waals surface area contributed by atoms with Crippen LogP contribution in [0.15, 0.2) is 18.2 Å². The topological polar surface area (TPSA) is 55.9 Å². The van der Waals surface area contributed by atoms with E-state index in [-0.39, 0.29) is 10.7 Å². The van der Waals surface area contributed by atoms with Gasteiger partial charge in [0.05, 0.1) is 22.1 Å². The molecule has 0 radical (unpaired) electrons. The molecule has 2 aromatic rings. The monoisotopic (exact) mass is 282 g/mol. The highest BCUT2D eigenvalue weighted by atomic mass is 35.5. The lowest BCUT2D eigenvalue weighted by molar-refractivity contribution is 0.603. The molecule has 102 valence electrons. The van der Waals surface area contributed by atoms with Gasteiger partial charge in [0.1, 0.15) is 0 Å². The number of aryl methyl sites for hydroxylation is 2. The van der Waals surface area contributed by atoms with Crippen LogP contribution in [0.1, 0.15) is 19.0 Å². The number of benzene rings is 1. The van der Waals surface area contributed by atoms with Crippen LogP contribution in [-0.2, 0) is 6.54 Å². The number of nitrogens with zero attached hydrogens (tertiary/aromatic N) is 2. The maximum Gasteiger partial charge on any atom is 0.165 e. The van der Waals surface area contributed by atoms with E-state index in [0.717, 1.165) is 12.1 Å². The van der Waals surface area contributed by atoms with Crippen molar-refractivity contribution in [2.45, 2.75) is 26.8 Å². The summed E-state index contributed by atoms with van der Waals surface area (Å²) in [4.78, 5) is 0. The summed E-state index contributed by atoms with van der Waals surface area (Å²) >= 11 is 5.76. The number of aromatic nitrogens is 2. The van der Waals surface area contributed by atoms with Gasteiger partial charge in [-0.3, -0.25) is 0 Å². The molecule has 0 saturated heterocycles. The zero-order valence-corrected chi connectivity index (χ0v) is 11.6. The smallest absolute Gasteiger partial charge is 0.165 e. The summed E-state index contributed by atoms with van der Waals surface area (Å²) in [5.74, 6) is 0.103. The molecule has 0 unspecified atom stereocenters. The van der Waals surface area contributed by atoms with Crippen LogP contribution in [0.2, 0.25) is 5.02 Å². The van der Waals surface area contributed by atoms with E-state index in [2.05, 4.69) is 10.4 Å². The molecule has 1 aromatic carbocycles. The number of halogens is 2. The molecule has 1 heterocycles. The van der Waals surface area contributed by atoms with Gasteiger partial charge in [0.15, 0.2) is 11.6 Å². The molecule has 2 rings (SSSR count). The fourth-order valence-electron chi connectivity index (χ4n) is 1.83. The van der Waals surface area contributed by atoms with Crippen molar-refractivity contribution in [2.24, 2.45) is 0 Å². The maximum absolute atomic E-state index is 13.9. The van der Waals surface area contributed by atoms with E-state index in [0.29, 0.717) is 18.1 Å². The third-order valence-electron chi connectivity index (χ3n) is 2.81. The standard InChI is InChI=1S/C13H16ClFN4/c1-3-7-19-13(12(16)8(2)18-19)17-10-6-4-5-9(14)11(10)15/h4-6,17H,3,7,16H2,1-2H3. The summed E-state index contributed by atoms with van der Waals surface area (Å²) in [6.07, 6.45) is 0.910. The van der Waals surface area contributed by atoms with Gasteiger partial charge in [0.2, 0.25) is 0 Å². The minimum Gasteiger partial charge on any atom is -0.394 e. The largest absolute Gasteiger partial charge is 0.394 e. The molecule has 0 fully saturated rings. The molecule has 4 nitrogen and oxygen atoms in total. The van der Waals surface area contributed by atoms with Gasteiger partial charge in [0.25, 0.3) is 0 Å².